The van der Waals surface area contributed by atoms with E-state index in [4.69, 9.17) is 14.2 Å². The number of nitrogens with one attached hydrogen (secondary N) is 1. The zero-order chi connectivity index (χ0) is 22.7. The molecule has 168 valence electrons. The highest BCUT2D eigenvalue weighted by Crippen LogP contribution is 2.27. The van der Waals surface area contributed by atoms with Gasteiger partial charge in [-0.15, -0.1) is 0 Å². The molecule has 1 saturated heterocycles. The molecule has 2 aromatic carbocycles. The van der Waals surface area contributed by atoms with Crippen molar-refractivity contribution >= 4 is 17.8 Å². The molecule has 3 amide bonds. The van der Waals surface area contributed by atoms with Gasteiger partial charge in [-0.05, 0) is 30.2 Å². The second kappa shape index (κ2) is 9.17. The molecule has 0 spiro atoms. The van der Waals surface area contributed by atoms with E-state index < -0.39 is 0 Å². The highest BCUT2D eigenvalue weighted by Gasteiger charge is 2.40. The molecule has 0 radical (unpaired) electrons. The average molecular weight is 438 g/mol. The Hall–Kier alpha value is -3.75. The van der Waals surface area contributed by atoms with Crippen molar-refractivity contribution in [2.45, 2.75) is 19.5 Å². The first-order valence-corrected chi connectivity index (χ1v) is 10.4. The quantitative estimate of drug-likeness (QED) is 0.749. The number of hydrogen-bond donors (Lipinski definition) is 1. The van der Waals surface area contributed by atoms with Crippen LogP contribution in [0.1, 0.15) is 16.7 Å². The van der Waals surface area contributed by atoms with Gasteiger partial charge in [-0.1, -0.05) is 35.9 Å². The van der Waals surface area contributed by atoms with Crippen molar-refractivity contribution in [2.24, 2.45) is 5.10 Å². The van der Waals surface area contributed by atoms with Gasteiger partial charge in [0.05, 0.1) is 39.1 Å². The molecule has 2 heterocycles. The van der Waals surface area contributed by atoms with Gasteiger partial charge in [0.15, 0.2) is 11.5 Å². The normalized spacial score (nSPS) is 17.8. The molecular formula is C23H26N4O5. The molecule has 1 unspecified atom stereocenters. The van der Waals surface area contributed by atoms with Crippen LogP contribution in [0.5, 0.6) is 11.5 Å². The van der Waals surface area contributed by atoms with Gasteiger partial charge in [0.25, 0.3) is 0 Å². The Morgan fingerprint density at radius 3 is 2.56 bits per heavy atom. The van der Waals surface area contributed by atoms with E-state index >= 15 is 0 Å². The van der Waals surface area contributed by atoms with Crippen LogP contribution in [0, 0.1) is 6.92 Å². The lowest BCUT2D eigenvalue weighted by atomic mass is 10.0. The molecule has 9 heteroatoms. The number of hydrazone groups is 1. The van der Waals surface area contributed by atoms with Crippen LogP contribution in [-0.2, 0) is 11.3 Å². The highest BCUT2D eigenvalue weighted by atomic mass is 16.6. The van der Waals surface area contributed by atoms with Gasteiger partial charge >= 0.3 is 12.1 Å². The zero-order valence-corrected chi connectivity index (χ0v) is 18.3. The number of cyclic esters (lactones) is 1. The Kier molecular flexibility index (Phi) is 6.16. The summed E-state index contributed by atoms with van der Waals surface area (Å²) in [5.41, 5.74) is 3.52. The second-order valence-electron chi connectivity index (χ2n) is 7.60. The fourth-order valence-corrected chi connectivity index (χ4v) is 3.78. The fourth-order valence-electron chi connectivity index (χ4n) is 3.78. The molecule has 2 aliphatic rings. The molecule has 32 heavy (non-hydrogen) atoms. The minimum Gasteiger partial charge on any atom is -0.493 e. The number of rotatable bonds is 6. The van der Waals surface area contributed by atoms with Crippen molar-refractivity contribution in [3.63, 3.8) is 0 Å². The Balaban J connectivity index is 1.50. The van der Waals surface area contributed by atoms with E-state index in [0.717, 1.165) is 16.7 Å². The van der Waals surface area contributed by atoms with Gasteiger partial charge in [0, 0.05) is 6.54 Å². The van der Waals surface area contributed by atoms with Crippen LogP contribution in [0.15, 0.2) is 47.6 Å². The summed E-state index contributed by atoms with van der Waals surface area (Å²) >= 11 is 0. The highest BCUT2D eigenvalue weighted by molar-refractivity contribution is 6.07. The SMILES string of the molecule is COc1ccc(CNC(=O)N2CC(N3CCOC3=O)C(c3ccc(C)cc3)=N2)cc1OC. The van der Waals surface area contributed by atoms with Gasteiger partial charge in [-0.2, -0.15) is 5.10 Å². The van der Waals surface area contributed by atoms with Crippen LogP contribution in [0.3, 0.4) is 0 Å². The first-order chi connectivity index (χ1) is 15.5. The molecule has 0 bridgehead atoms. The van der Waals surface area contributed by atoms with E-state index in [1.807, 2.05) is 43.3 Å². The lowest BCUT2D eigenvalue weighted by Crippen LogP contribution is -2.45. The van der Waals surface area contributed by atoms with E-state index in [-0.39, 0.29) is 24.7 Å². The predicted molar refractivity (Wildman–Crippen MR) is 118 cm³/mol. The third-order valence-electron chi connectivity index (χ3n) is 5.53. The lowest BCUT2D eigenvalue weighted by Gasteiger charge is -2.23. The number of aryl methyl sites for hydroxylation is 1. The summed E-state index contributed by atoms with van der Waals surface area (Å²) < 4.78 is 15.7. The molecular weight excluding hydrogens is 412 g/mol. The summed E-state index contributed by atoms with van der Waals surface area (Å²) in [7, 11) is 3.14. The summed E-state index contributed by atoms with van der Waals surface area (Å²) in [4.78, 5) is 26.7. The Labute approximate surface area is 186 Å². The van der Waals surface area contributed by atoms with E-state index in [0.29, 0.717) is 36.9 Å². The number of ether oxygens (including phenoxy) is 3. The van der Waals surface area contributed by atoms with Crippen LogP contribution in [0.2, 0.25) is 0 Å². The molecule has 1 atom stereocenters. The molecule has 0 aromatic heterocycles. The average Bonchev–Trinajstić information content (AvgIpc) is 3.44. The van der Waals surface area contributed by atoms with Crippen molar-refractivity contribution in [3.8, 4) is 11.5 Å². The van der Waals surface area contributed by atoms with Gasteiger partial charge in [0.1, 0.15) is 6.61 Å². The van der Waals surface area contributed by atoms with Crippen LogP contribution in [0.4, 0.5) is 9.59 Å². The summed E-state index contributed by atoms with van der Waals surface area (Å²) in [6.45, 7) is 3.36. The standard InChI is InChI=1S/C23H26N4O5/c1-15-4-7-17(8-5-15)21-18(26-10-11-32-23(26)29)14-27(25-21)22(28)24-13-16-6-9-19(30-2)20(12-16)31-3/h4-9,12,18H,10-11,13-14H2,1-3H3,(H,24,28). The molecule has 1 N–H and O–H groups in total. The largest absolute Gasteiger partial charge is 0.493 e. The summed E-state index contributed by atoms with van der Waals surface area (Å²) in [5.74, 6) is 1.21. The Bertz CT molecular complexity index is 1040. The van der Waals surface area contributed by atoms with Crippen LogP contribution < -0.4 is 14.8 Å². The van der Waals surface area contributed by atoms with Gasteiger partial charge in [-0.3, -0.25) is 4.90 Å². The van der Waals surface area contributed by atoms with Gasteiger partial charge in [0.2, 0.25) is 0 Å². The van der Waals surface area contributed by atoms with E-state index in [2.05, 4.69) is 10.4 Å². The van der Waals surface area contributed by atoms with Gasteiger partial charge < -0.3 is 19.5 Å². The van der Waals surface area contributed by atoms with Crippen LogP contribution in [0.25, 0.3) is 0 Å². The van der Waals surface area contributed by atoms with E-state index in [1.54, 1.807) is 25.2 Å². The second-order valence-corrected chi connectivity index (χ2v) is 7.60. The third kappa shape index (κ3) is 4.32. The predicted octanol–water partition coefficient (Wildman–Crippen LogP) is 2.76. The monoisotopic (exact) mass is 438 g/mol. The molecule has 9 nitrogen and oxygen atoms in total. The fraction of sp³-hybridized carbons (Fsp3) is 0.348. The number of urea groups is 1. The number of methoxy groups -OCH3 is 2. The summed E-state index contributed by atoms with van der Waals surface area (Å²) in [6.07, 6.45) is -0.387. The molecule has 2 aliphatic heterocycles. The smallest absolute Gasteiger partial charge is 0.410 e. The maximum atomic E-state index is 12.9. The number of benzene rings is 2. The number of nitrogens with zero attached hydrogens (tertiary/aromatic N) is 3. The lowest BCUT2D eigenvalue weighted by molar-refractivity contribution is 0.151. The van der Waals surface area contributed by atoms with Crippen molar-refractivity contribution in [3.05, 3.63) is 59.2 Å². The van der Waals surface area contributed by atoms with Crippen molar-refractivity contribution in [2.75, 3.05) is 33.9 Å². The first kappa shape index (κ1) is 21.5. The number of carbonyl (C=O) groups excluding carboxylic acids is 2. The third-order valence-corrected chi connectivity index (χ3v) is 5.53. The molecule has 4 rings (SSSR count). The molecule has 2 aromatic rings. The molecule has 0 aliphatic carbocycles. The van der Waals surface area contributed by atoms with Gasteiger partial charge in [-0.25, -0.2) is 14.6 Å². The number of hydrogen-bond acceptors (Lipinski definition) is 6. The summed E-state index contributed by atoms with van der Waals surface area (Å²) in [6, 6.07) is 12.6. The van der Waals surface area contributed by atoms with Crippen molar-refractivity contribution in [1.82, 2.24) is 15.2 Å². The minimum atomic E-state index is -0.387. The number of amides is 3. The zero-order valence-electron chi connectivity index (χ0n) is 18.3. The van der Waals surface area contributed by atoms with Crippen molar-refractivity contribution in [1.29, 1.82) is 0 Å². The minimum absolute atomic E-state index is 0.260. The van der Waals surface area contributed by atoms with Crippen LogP contribution >= 0.6 is 0 Å². The Morgan fingerprint density at radius 1 is 1.16 bits per heavy atom. The van der Waals surface area contributed by atoms with E-state index in [9.17, 15) is 9.59 Å². The molecule has 1 fully saturated rings. The summed E-state index contributed by atoms with van der Waals surface area (Å²) in [5, 5.41) is 8.81. The maximum Gasteiger partial charge on any atom is 0.410 e. The topological polar surface area (TPSA) is 92.7 Å². The van der Waals surface area contributed by atoms with Crippen LogP contribution in [-0.4, -0.2) is 67.7 Å². The molecule has 0 saturated carbocycles. The number of carbonyl (C=O) groups is 2. The van der Waals surface area contributed by atoms with E-state index in [1.165, 1.54) is 5.01 Å². The maximum absolute atomic E-state index is 12.9. The first-order valence-electron chi connectivity index (χ1n) is 10.4. The van der Waals surface area contributed by atoms with Crippen molar-refractivity contribution < 1.29 is 23.8 Å². The Morgan fingerprint density at radius 2 is 1.91 bits per heavy atom.